The Bertz CT molecular complexity index is 112. The maximum absolute atomic E-state index is 5.46. The summed E-state index contributed by atoms with van der Waals surface area (Å²) < 4.78 is 10.8. The van der Waals surface area contributed by atoms with Crippen LogP contribution in [0.1, 0.15) is 20.3 Å². The van der Waals surface area contributed by atoms with Gasteiger partial charge in [-0.1, -0.05) is 6.92 Å². The average Bonchev–Trinajstić information content (AvgIpc) is 2.68. The van der Waals surface area contributed by atoms with Crippen molar-refractivity contribution in [2.24, 2.45) is 0 Å². The largest absolute Gasteiger partial charge is 0.412 e. The molecule has 1 aliphatic rings. The predicted molar refractivity (Wildman–Crippen MR) is 41.1 cm³/mol. The number of hydrogen-bond acceptors (Lipinski definition) is 2. The summed E-state index contributed by atoms with van der Waals surface area (Å²) in [7, 11) is 0.575. The van der Waals surface area contributed by atoms with Crippen LogP contribution in [0, 0.1) is 0 Å². The molecular formula is C7H14O2Si. The van der Waals surface area contributed by atoms with E-state index in [1.165, 1.54) is 0 Å². The molecule has 3 heteroatoms. The minimum absolute atomic E-state index is 0.0863. The van der Waals surface area contributed by atoms with Crippen molar-refractivity contribution < 1.29 is 9.16 Å². The van der Waals surface area contributed by atoms with Crippen LogP contribution in [-0.4, -0.2) is 28.1 Å². The molecule has 1 heterocycles. The van der Waals surface area contributed by atoms with Gasteiger partial charge in [-0.3, -0.25) is 0 Å². The summed E-state index contributed by atoms with van der Waals surface area (Å²) >= 11 is 0. The molecule has 0 saturated carbocycles. The number of epoxide rings is 1. The quantitative estimate of drug-likeness (QED) is 0.453. The molecule has 58 valence electrons. The van der Waals surface area contributed by atoms with Crippen molar-refractivity contribution in [1.29, 1.82) is 0 Å². The van der Waals surface area contributed by atoms with Crippen molar-refractivity contribution in [1.82, 2.24) is 0 Å². The highest BCUT2D eigenvalue weighted by molar-refractivity contribution is 6.24. The van der Waals surface area contributed by atoms with Crippen molar-refractivity contribution >= 4 is 9.76 Å². The Morgan fingerprint density at radius 2 is 2.40 bits per heavy atom. The molecule has 10 heavy (non-hydrogen) atoms. The third-order valence-corrected chi connectivity index (χ3v) is 2.74. The van der Waals surface area contributed by atoms with Crippen LogP contribution in [0.3, 0.4) is 0 Å². The first-order valence-electron chi connectivity index (χ1n) is 3.71. The molecule has 2 nitrogen and oxygen atoms in total. The fourth-order valence-electron chi connectivity index (χ4n) is 1.10. The zero-order valence-electron chi connectivity index (χ0n) is 6.81. The van der Waals surface area contributed by atoms with Crippen molar-refractivity contribution in [3.8, 4) is 0 Å². The van der Waals surface area contributed by atoms with E-state index in [0.29, 0.717) is 9.76 Å². The molecule has 0 N–H and O–H groups in total. The fourth-order valence-corrected chi connectivity index (χ4v) is 1.67. The molecule has 0 amide bonds. The summed E-state index contributed by atoms with van der Waals surface area (Å²) in [5.74, 6) is 0. The first-order chi connectivity index (χ1) is 4.75. The third-order valence-electron chi connectivity index (χ3n) is 2.15. The van der Waals surface area contributed by atoms with Gasteiger partial charge in [0.1, 0.15) is 5.60 Å². The molecule has 2 atom stereocenters. The van der Waals surface area contributed by atoms with Crippen molar-refractivity contribution in [3.05, 3.63) is 0 Å². The van der Waals surface area contributed by atoms with Gasteiger partial charge in [0, 0.05) is 0 Å². The van der Waals surface area contributed by atoms with Crippen LogP contribution in [0.25, 0.3) is 0 Å². The molecule has 1 saturated heterocycles. The highest BCUT2D eigenvalue weighted by atomic mass is 28.2. The smallest absolute Gasteiger partial charge is 0.226 e. The van der Waals surface area contributed by atoms with Crippen LogP contribution >= 0.6 is 0 Å². The molecule has 0 aromatic rings. The monoisotopic (exact) mass is 158 g/mol. The Morgan fingerprint density at radius 3 is 2.70 bits per heavy atom. The standard InChI is InChI=1S/C7H14O2Si/c1-4-7(5-8-7)6(2)9-10-3/h6H,4-5H2,1-3H3. The molecular weight excluding hydrogens is 144 g/mol. The first kappa shape index (κ1) is 8.24. The van der Waals surface area contributed by atoms with E-state index in [-0.39, 0.29) is 11.7 Å². The van der Waals surface area contributed by atoms with Gasteiger partial charge in [-0.15, -0.1) is 0 Å². The van der Waals surface area contributed by atoms with Crippen molar-refractivity contribution in [2.45, 2.75) is 38.5 Å². The number of hydrogen-bond donors (Lipinski definition) is 0. The Hall–Kier alpha value is 0.137. The lowest BCUT2D eigenvalue weighted by molar-refractivity contribution is 0.113. The van der Waals surface area contributed by atoms with Gasteiger partial charge in [0.15, 0.2) is 0 Å². The van der Waals surface area contributed by atoms with Crippen LogP contribution in [-0.2, 0) is 9.16 Å². The molecule has 2 radical (unpaired) electrons. The van der Waals surface area contributed by atoms with E-state index in [1.807, 2.05) is 6.55 Å². The van der Waals surface area contributed by atoms with Crippen LogP contribution in [0.15, 0.2) is 0 Å². The second-order valence-electron chi connectivity index (χ2n) is 2.67. The van der Waals surface area contributed by atoms with Crippen molar-refractivity contribution in [2.75, 3.05) is 6.61 Å². The van der Waals surface area contributed by atoms with Gasteiger partial charge in [0.2, 0.25) is 9.76 Å². The summed E-state index contributed by atoms with van der Waals surface area (Å²) in [6.07, 6.45) is 1.35. The van der Waals surface area contributed by atoms with Gasteiger partial charge in [-0.25, -0.2) is 0 Å². The second kappa shape index (κ2) is 3.03. The van der Waals surface area contributed by atoms with Gasteiger partial charge < -0.3 is 9.16 Å². The van der Waals surface area contributed by atoms with Crippen molar-refractivity contribution in [3.63, 3.8) is 0 Å². The van der Waals surface area contributed by atoms with Gasteiger partial charge in [-0.2, -0.15) is 0 Å². The van der Waals surface area contributed by atoms with Crippen LogP contribution in [0.4, 0.5) is 0 Å². The summed E-state index contributed by atoms with van der Waals surface area (Å²) in [5, 5.41) is 0. The number of rotatable bonds is 4. The fraction of sp³-hybridized carbons (Fsp3) is 1.00. The lowest BCUT2D eigenvalue weighted by Crippen LogP contribution is -2.29. The maximum atomic E-state index is 5.46. The summed E-state index contributed by atoms with van der Waals surface area (Å²) in [5.41, 5.74) is 0.0863. The van der Waals surface area contributed by atoms with Crippen LogP contribution < -0.4 is 0 Å². The minimum atomic E-state index is 0.0863. The maximum Gasteiger partial charge on any atom is 0.226 e. The van der Waals surface area contributed by atoms with E-state index in [9.17, 15) is 0 Å². The average molecular weight is 158 g/mol. The summed E-state index contributed by atoms with van der Waals surface area (Å²) in [6, 6.07) is 0. The highest BCUT2D eigenvalue weighted by Crippen LogP contribution is 2.35. The number of ether oxygens (including phenoxy) is 1. The predicted octanol–water partition coefficient (Wildman–Crippen LogP) is 1.24. The molecule has 0 bridgehead atoms. The SMILES string of the molecule is CCC1(C(C)O[Si]C)CO1. The van der Waals surface area contributed by atoms with Gasteiger partial charge in [-0.05, 0) is 19.9 Å². The van der Waals surface area contributed by atoms with Crippen LogP contribution in [0.2, 0.25) is 6.55 Å². The zero-order chi connectivity index (χ0) is 7.61. The topological polar surface area (TPSA) is 21.8 Å². The lowest BCUT2D eigenvalue weighted by atomic mass is 10.0. The Balaban J connectivity index is 2.32. The molecule has 1 rings (SSSR count). The normalized spacial score (nSPS) is 33.9. The second-order valence-corrected chi connectivity index (χ2v) is 3.32. The van der Waals surface area contributed by atoms with E-state index in [4.69, 9.17) is 9.16 Å². The molecule has 0 aromatic carbocycles. The van der Waals surface area contributed by atoms with Crippen LogP contribution in [0.5, 0.6) is 0 Å². The summed E-state index contributed by atoms with van der Waals surface area (Å²) in [6.45, 7) is 7.16. The Kier molecular flexibility index (Phi) is 2.49. The molecule has 1 aliphatic heterocycles. The Morgan fingerprint density at radius 1 is 1.80 bits per heavy atom. The van der Waals surface area contributed by atoms with E-state index in [2.05, 4.69) is 13.8 Å². The van der Waals surface area contributed by atoms with E-state index in [1.54, 1.807) is 0 Å². The third kappa shape index (κ3) is 1.41. The lowest BCUT2D eigenvalue weighted by Gasteiger charge is -2.17. The van der Waals surface area contributed by atoms with Gasteiger partial charge in [0.05, 0.1) is 12.7 Å². The highest BCUT2D eigenvalue weighted by Gasteiger charge is 2.48. The molecule has 0 aromatic heterocycles. The van der Waals surface area contributed by atoms with Gasteiger partial charge >= 0.3 is 0 Å². The van der Waals surface area contributed by atoms with Gasteiger partial charge in [0.25, 0.3) is 0 Å². The van der Waals surface area contributed by atoms with E-state index < -0.39 is 0 Å². The molecule has 1 fully saturated rings. The Labute approximate surface area is 64.8 Å². The minimum Gasteiger partial charge on any atom is -0.412 e. The first-order valence-corrected chi connectivity index (χ1v) is 5.12. The summed E-state index contributed by atoms with van der Waals surface area (Å²) in [4.78, 5) is 0. The molecule has 2 unspecified atom stereocenters. The zero-order valence-corrected chi connectivity index (χ0v) is 7.81. The van der Waals surface area contributed by atoms with E-state index >= 15 is 0 Å². The molecule has 0 aliphatic carbocycles. The van der Waals surface area contributed by atoms with E-state index in [0.717, 1.165) is 13.0 Å². The molecule has 0 spiro atoms.